The van der Waals surface area contributed by atoms with E-state index in [4.69, 9.17) is 4.74 Å². The van der Waals surface area contributed by atoms with Crippen molar-refractivity contribution >= 4 is 29.6 Å². The van der Waals surface area contributed by atoms with Crippen LogP contribution in [0.5, 0.6) is 0 Å². The Kier molecular flexibility index (Phi) is 6.05. The molecule has 160 valence electrons. The highest BCUT2D eigenvalue weighted by Gasteiger charge is 2.40. The number of alkyl halides is 3. The Hall–Kier alpha value is -3.75. The molecule has 0 aliphatic carbocycles. The van der Waals surface area contributed by atoms with E-state index in [-0.39, 0.29) is 17.7 Å². The van der Waals surface area contributed by atoms with E-state index in [0.717, 1.165) is 18.2 Å². The molecule has 0 N–H and O–H groups in total. The predicted octanol–water partition coefficient (Wildman–Crippen LogP) is 3.86. The Labute approximate surface area is 174 Å². The number of carbonyl (C=O) groups is 4. The van der Waals surface area contributed by atoms with E-state index >= 15 is 0 Å². The van der Waals surface area contributed by atoms with Gasteiger partial charge >= 0.3 is 12.1 Å². The first-order valence-corrected chi connectivity index (χ1v) is 9.19. The van der Waals surface area contributed by atoms with Gasteiger partial charge < -0.3 is 4.74 Å². The molecule has 0 saturated carbocycles. The molecule has 6 nitrogen and oxygen atoms in total. The number of amides is 2. The first-order valence-electron chi connectivity index (χ1n) is 9.19. The molecule has 1 aliphatic heterocycles. The van der Waals surface area contributed by atoms with E-state index in [2.05, 4.69) is 0 Å². The van der Waals surface area contributed by atoms with E-state index < -0.39 is 53.0 Å². The highest BCUT2D eigenvalue weighted by atomic mass is 19.4. The molecule has 2 aromatic rings. The van der Waals surface area contributed by atoms with Gasteiger partial charge in [-0.25, -0.2) is 4.90 Å². The minimum Gasteiger partial charge on any atom is -0.466 e. The van der Waals surface area contributed by atoms with Gasteiger partial charge in [-0.05, 0) is 36.8 Å². The molecule has 9 heteroatoms. The smallest absolute Gasteiger partial charge is 0.416 e. The van der Waals surface area contributed by atoms with Crippen LogP contribution in [0.2, 0.25) is 0 Å². The summed E-state index contributed by atoms with van der Waals surface area (Å²) in [7, 11) is 0. The molecule has 0 aromatic heterocycles. The number of hydrogen-bond donors (Lipinski definition) is 0. The van der Waals surface area contributed by atoms with E-state index in [9.17, 15) is 32.3 Å². The van der Waals surface area contributed by atoms with Crippen molar-refractivity contribution in [2.45, 2.75) is 19.5 Å². The largest absolute Gasteiger partial charge is 0.466 e. The number of esters is 1. The van der Waals surface area contributed by atoms with Crippen LogP contribution in [0.4, 0.5) is 13.2 Å². The lowest BCUT2D eigenvalue weighted by atomic mass is 10.0. The molecule has 3 rings (SSSR count). The third-order valence-corrected chi connectivity index (χ3v) is 4.49. The maximum Gasteiger partial charge on any atom is 0.416 e. The van der Waals surface area contributed by atoms with Gasteiger partial charge in [-0.2, -0.15) is 13.2 Å². The third-order valence-electron chi connectivity index (χ3n) is 4.49. The van der Waals surface area contributed by atoms with Crippen molar-refractivity contribution in [1.82, 2.24) is 4.90 Å². The first kappa shape index (κ1) is 21.9. The molecule has 0 bridgehead atoms. The van der Waals surface area contributed by atoms with E-state index in [0.29, 0.717) is 4.90 Å². The van der Waals surface area contributed by atoms with Crippen LogP contribution >= 0.6 is 0 Å². The fourth-order valence-electron chi connectivity index (χ4n) is 3.14. The van der Waals surface area contributed by atoms with Gasteiger partial charge in [-0.1, -0.05) is 30.3 Å². The number of hydrogen-bond acceptors (Lipinski definition) is 5. The second-order valence-electron chi connectivity index (χ2n) is 6.51. The summed E-state index contributed by atoms with van der Waals surface area (Å²) in [5.74, 6) is -3.69. The van der Waals surface area contributed by atoms with Crippen LogP contribution in [0.25, 0.3) is 6.08 Å². The number of ketones is 1. The molecule has 2 aromatic carbocycles. The Morgan fingerprint density at radius 1 is 0.968 bits per heavy atom. The number of benzene rings is 2. The Balaban J connectivity index is 2.13. The minimum atomic E-state index is -4.75. The van der Waals surface area contributed by atoms with Crippen molar-refractivity contribution in [3.05, 3.63) is 76.5 Å². The van der Waals surface area contributed by atoms with Gasteiger partial charge in [0.05, 0.1) is 29.0 Å². The van der Waals surface area contributed by atoms with Crippen LogP contribution in [0, 0.1) is 0 Å². The summed E-state index contributed by atoms with van der Waals surface area (Å²) >= 11 is 0. The van der Waals surface area contributed by atoms with Crippen LogP contribution in [0.3, 0.4) is 0 Å². The number of carbonyl (C=O) groups excluding carboxylic acids is 4. The second kappa shape index (κ2) is 8.55. The summed E-state index contributed by atoms with van der Waals surface area (Å²) in [4.78, 5) is 50.7. The number of halogens is 3. The Bertz CT molecular complexity index is 1070. The summed E-state index contributed by atoms with van der Waals surface area (Å²) in [5.41, 5.74) is -2.12. The van der Waals surface area contributed by atoms with E-state index in [1.54, 1.807) is 0 Å². The molecule has 1 heterocycles. The van der Waals surface area contributed by atoms with Crippen LogP contribution in [0.1, 0.15) is 45.2 Å². The number of rotatable bonds is 6. The Morgan fingerprint density at radius 2 is 1.52 bits per heavy atom. The normalized spacial score (nSPS) is 13.9. The monoisotopic (exact) mass is 431 g/mol. The van der Waals surface area contributed by atoms with Gasteiger partial charge in [0.25, 0.3) is 11.8 Å². The van der Waals surface area contributed by atoms with Crippen LogP contribution in [0.15, 0.2) is 54.2 Å². The highest BCUT2D eigenvalue weighted by Crippen LogP contribution is 2.34. The van der Waals surface area contributed by atoms with Gasteiger partial charge in [0.15, 0.2) is 5.78 Å². The van der Waals surface area contributed by atoms with E-state index in [1.165, 1.54) is 43.3 Å². The lowest BCUT2D eigenvalue weighted by Gasteiger charge is -2.18. The van der Waals surface area contributed by atoms with E-state index in [1.807, 2.05) is 0 Å². The SMILES string of the molecule is CCOC(=O)CC(=O)C(=Cc1ccccc1C(F)(F)F)N1C(=O)c2ccccc2C1=O. The molecule has 0 unspecified atom stereocenters. The molecule has 0 atom stereocenters. The average molecular weight is 431 g/mol. The van der Waals surface area contributed by atoms with Gasteiger partial charge in [-0.15, -0.1) is 0 Å². The number of nitrogens with zero attached hydrogens (tertiary/aromatic N) is 1. The Morgan fingerprint density at radius 3 is 2.06 bits per heavy atom. The van der Waals surface area contributed by atoms with Crippen LogP contribution < -0.4 is 0 Å². The van der Waals surface area contributed by atoms with Crippen molar-refractivity contribution < 1.29 is 37.1 Å². The minimum absolute atomic E-state index is 0.00596. The molecule has 0 spiro atoms. The van der Waals surface area contributed by atoms with Crippen molar-refractivity contribution in [1.29, 1.82) is 0 Å². The zero-order valence-corrected chi connectivity index (χ0v) is 16.2. The molecular weight excluding hydrogens is 415 g/mol. The molecule has 0 saturated heterocycles. The number of fused-ring (bicyclic) bond motifs is 1. The highest BCUT2D eigenvalue weighted by molar-refractivity contribution is 6.26. The summed E-state index contributed by atoms with van der Waals surface area (Å²) in [6.45, 7) is 1.50. The number of Topliss-reactive ketones (excluding diaryl/α,β-unsaturated/α-hetero) is 1. The third kappa shape index (κ3) is 4.40. The van der Waals surface area contributed by atoms with Gasteiger partial charge in [-0.3, -0.25) is 19.2 Å². The van der Waals surface area contributed by atoms with Crippen molar-refractivity contribution in [2.24, 2.45) is 0 Å². The second-order valence-corrected chi connectivity index (χ2v) is 6.51. The zero-order chi connectivity index (χ0) is 22.8. The van der Waals surface area contributed by atoms with Crippen molar-refractivity contribution in [2.75, 3.05) is 6.61 Å². The van der Waals surface area contributed by atoms with Crippen LogP contribution in [-0.2, 0) is 20.5 Å². The summed E-state index contributed by atoms with van der Waals surface area (Å²) in [6, 6.07) is 10.1. The van der Waals surface area contributed by atoms with Gasteiger partial charge in [0, 0.05) is 0 Å². The maximum absolute atomic E-state index is 13.4. The zero-order valence-electron chi connectivity index (χ0n) is 16.2. The number of ether oxygens (including phenoxy) is 1. The number of allylic oxidation sites excluding steroid dienone is 1. The predicted molar refractivity (Wildman–Crippen MR) is 103 cm³/mol. The molecule has 0 radical (unpaired) electrons. The lowest BCUT2D eigenvalue weighted by molar-refractivity contribution is -0.145. The first-order chi connectivity index (χ1) is 14.6. The molecule has 2 amide bonds. The van der Waals surface area contributed by atoms with Crippen molar-refractivity contribution in [3.63, 3.8) is 0 Å². The summed E-state index contributed by atoms with van der Waals surface area (Å²) in [5, 5.41) is 0. The molecule has 31 heavy (non-hydrogen) atoms. The average Bonchev–Trinajstić information content (AvgIpc) is 2.96. The quantitative estimate of drug-likeness (QED) is 0.300. The number of imide groups is 1. The van der Waals surface area contributed by atoms with Gasteiger partial charge in [0.2, 0.25) is 0 Å². The summed E-state index contributed by atoms with van der Waals surface area (Å²) in [6.07, 6.45) is -4.79. The molecule has 0 fully saturated rings. The lowest BCUT2D eigenvalue weighted by Crippen LogP contribution is -2.33. The topological polar surface area (TPSA) is 80.8 Å². The summed E-state index contributed by atoms with van der Waals surface area (Å²) < 4.78 is 45.0. The molecular formula is C22H16F3NO5. The van der Waals surface area contributed by atoms with Crippen LogP contribution in [-0.4, -0.2) is 35.1 Å². The fourth-order valence-corrected chi connectivity index (χ4v) is 3.14. The maximum atomic E-state index is 13.4. The fraction of sp³-hybridized carbons (Fsp3) is 0.182. The molecule has 1 aliphatic rings. The van der Waals surface area contributed by atoms with Crippen molar-refractivity contribution in [3.8, 4) is 0 Å². The van der Waals surface area contributed by atoms with Gasteiger partial charge in [0.1, 0.15) is 6.42 Å². The standard InChI is InChI=1S/C22H16F3NO5/c1-2-31-19(28)12-18(27)17(11-13-7-3-6-10-16(13)22(23,24)25)26-20(29)14-8-4-5-9-15(14)21(26)30/h3-11H,2,12H2,1H3.